The number of nitrogens with zero attached hydrogens (tertiary/aromatic N) is 2. The lowest BCUT2D eigenvalue weighted by Gasteiger charge is -2.49. The lowest BCUT2D eigenvalue weighted by atomic mass is 9.83. The standard InChI is InChI=1S/C15H24N2O3/c1-11(2)15(19)9-17(10-15)8-14(18)16(4)7-13-6-5-12(3)20-13/h5-6,11,19H,7-10H2,1-4H3. The van der Waals surface area contributed by atoms with E-state index >= 15 is 0 Å². The molecule has 1 amide bonds. The molecule has 0 unspecified atom stereocenters. The van der Waals surface area contributed by atoms with E-state index in [1.165, 1.54) is 0 Å². The van der Waals surface area contributed by atoms with Crippen LogP contribution in [0.5, 0.6) is 0 Å². The fourth-order valence-electron chi connectivity index (χ4n) is 2.41. The van der Waals surface area contributed by atoms with Crippen LogP contribution in [0.1, 0.15) is 25.4 Å². The summed E-state index contributed by atoms with van der Waals surface area (Å²) in [7, 11) is 1.77. The number of aliphatic hydroxyl groups is 1. The number of carbonyl (C=O) groups excluding carboxylic acids is 1. The van der Waals surface area contributed by atoms with Crippen LogP contribution in [0.4, 0.5) is 0 Å². The van der Waals surface area contributed by atoms with Crippen molar-refractivity contribution < 1.29 is 14.3 Å². The van der Waals surface area contributed by atoms with Crippen LogP contribution in [-0.2, 0) is 11.3 Å². The predicted molar refractivity (Wildman–Crippen MR) is 76.1 cm³/mol. The van der Waals surface area contributed by atoms with Crippen molar-refractivity contribution in [1.29, 1.82) is 0 Å². The summed E-state index contributed by atoms with van der Waals surface area (Å²) >= 11 is 0. The van der Waals surface area contributed by atoms with Gasteiger partial charge in [-0.3, -0.25) is 9.69 Å². The molecule has 1 aliphatic rings. The molecule has 0 saturated carbocycles. The van der Waals surface area contributed by atoms with Gasteiger partial charge in [0.05, 0.1) is 18.7 Å². The number of hydrogen-bond acceptors (Lipinski definition) is 4. The lowest BCUT2D eigenvalue weighted by Crippen LogP contribution is -2.65. The zero-order chi connectivity index (χ0) is 14.9. The Morgan fingerprint density at radius 1 is 1.50 bits per heavy atom. The summed E-state index contributed by atoms with van der Waals surface area (Å²) < 4.78 is 5.47. The summed E-state index contributed by atoms with van der Waals surface area (Å²) in [6, 6.07) is 3.78. The minimum absolute atomic E-state index is 0.0462. The Morgan fingerprint density at radius 3 is 2.65 bits per heavy atom. The summed E-state index contributed by atoms with van der Waals surface area (Å²) in [5.41, 5.74) is -0.628. The fraction of sp³-hybridized carbons (Fsp3) is 0.667. The Morgan fingerprint density at radius 2 is 2.15 bits per heavy atom. The minimum Gasteiger partial charge on any atom is -0.464 e. The molecule has 1 aliphatic heterocycles. The molecule has 1 fully saturated rings. The first kappa shape index (κ1) is 15.1. The van der Waals surface area contributed by atoms with Crippen LogP contribution in [0.15, 0.2) is 16.5 Å². The average Bonchev–Trinajstić information content (AvgIpc) is 2.72. The summed E-state index contributed by atoms with van der Waals surface area (Å²) in [6.07, 6.45) is 0. The van der Waals surface area contributed by atoms with Gasteiger partial charge in [-0.25, -0.2) is 0 Å². The van der Waals surface area contributed by atoms with Gasteiger partial charge in [-0.15, -0.1) is 0 Å². The van der Waals surface area contributed by atoms with E-state index in [1.807, 2.05) is 37.8 Å². The molecular formula is C15H24N2O3. The smallest absolute Gasteiger partial charge is 0.236 e. The van der Waals surface area contributed by atoms with E-state index in [9.17, 15) is 9.90 Å². The second kappa shape index (κ2) is 5.58. The largest absolute Gasteiger partial charge is 0.464 e. The highest BCUT2D eigenvalue weighted by molar-refractivity contribution is 5.78. The van der Waals surface area contributed by atoms with E-state index in [4.69, 9.17) is 4.42 Å². The maximum Gasteiger partial charge on any atom is 0.236 e. The van der Waals surface area contributed by atoms with Crippen molar-refractivity contribution in [2.45, 2.75) is 32.9 Å². The van der Waals surface area contributed by atoms with E-state index < -0.39 is 5.60 Å². The fourth-order valence-corrected chi connectivity index (χ4v) is 2.41. The molecule has 5 nitrogen and oxygen atoms in total. The molecule has 0 radical (unpaired) electrons. The van der Waals surface area contributed by atoms with Crippen molar-refractivity contribution in [1.82, 2.24) is 9.80 Å². The predicted octanol–water partition coefficient (Wildman–Crippen LogP) is 1.25. The number of aryl methyl sites for hydroxylation is 1. The van der Waals surface area contributed by atoms with Gasteiger partial charge in [-0.2, -0.15) is 0 Å². The highest BCUT2D eigenvalue weighted by atomic mass is 16.3. The Kier molecular flexibility index (Phi) is 4.20. The number of hydrogen-bond donors (Lipinski definition) is 1. The molecule has 112 valence electrons. The number of likely N-dealkylation sites (tertiary alicyclic amines) is 1. The van der Waals surface area contributed by atoms with E-state index in [2.05, 4.69) is 0 Å². The molecule has 1 aromatic rings. The van der Waals surface area contributed by atoms with Crippen LogP contribution in [0.2, 0.25) is 0 Å². The van der Waals surface area contributed by atoms with E-state index in [0.717, 1.165) is 11.5 Å². The van der Waals surface area contributed by atoms with Gasteiger partial charge in [-0.1, -0.05) is 13.8 Å². The molecule has 0 bridgehead atoms. The first-order chi connectivity index (χ1) is 9.30. The minimum atomic E-state index is -0.628. The first-order valence-corrected chi connectivity index (χ1v) is 7.04. The van der Waals surface area contributed by atoms with Crippen molar-refractivity contribution in [3.8, 4) is 0 Å². The molecule has 5 heteroatoms. The number of likely N-dealkylation sites (N-methyl/N-ethyl adjacent to an activating group) is 1. The number of β-amino-alcohol motifs (C(OH)–C–C–N with tert-alkyl or cyclic N) is 1. The normalized spacial score (nSPS) is 18.1. The highest BCUT2D eigenvalue weighted by Crippen LogP contribution is 2.28. The molecule has 1 aromatic heterocycles. The number of rotatable bonds is 5. The molecule has 2 rings (SSSR count). The summed E-state index contributed by atoms with van der Waals surface area (Å²) in [4.78, 5) is 15.7. The molecule has 2 heterocycles. The zero-order valence-corrected chi connectivity index (χ0v) is 12.7. The Bertz CT molecular complexity index is 475. The molecule has 0 spiro atoms. The van der Waals surface area contributed by atoms with E-state index in [-0.39, 0.29) is 11.8 Å². The van der Waals surface area contributed by atoms with Gasteiger partial charge in [-0.05, 0) is 25.0 Å². The van der Waals surface area contributed by atoms with Crippen molar-refractivity contribution in [3.05, 3.63) is 23.7 Å². The monoisotopic (exact) mass is 280 g/mol. The Labute approximate surface area is 120 Å². The SMILES string of the molecule is Cc1ccc(CN(C)C(=O)CN2CC(O)(C(C)C)C2)o1. The van der Waals surface area contributed by atoms with Gasteiger partial charge in [0.2, 0.25) is 5.91 Å². The molecular weight excluding hydrogens is 256 g/mol. The number of carbonyl (C=O) groups is 1. The number of amides is 1. The second-order valence-corrected chi connectivity index (χ2v) is 6.17. The van der Waals surface area contributed by atoms with Crippen molar-refractivity contribution in [3.63, 3.8) is 0 Å². The molecule has 1 saturated heterocycles. The van der Waals surface area contributed by atoms with Crippen LogP contribution in [0, 0.1) is 12.8 Å². The Hall–Kier alpha value is -1.33. The molecule has 0 aliphatic carbocycles. The van der Waals surface area contributed by atoms with E-state index in [0.29, 0.717) is 26.2 Å². The quantitative estimate of drug-likeness (QED) is 0.882. The van der Waals surface area contributed by atoms with Crippen molar-refractivity contribution in [2.24, 2.45) is 5.92 Å². The van der Waals surface area contributed by atoms with Crippen LogP contribution in [-0.4, -0.2) is 53.1 Å². The van der Waals surface area contributed by atoms with Gasteiger partial charge in [0.1, 0.15) is 11.5 Å². The van der Waals surface area contributed by atoms with Gasteiger partial charge < -0.3 is 14.4 Å². The first-order valence-electron chi connectivity index (χ1n) is 7.04. The topological polar surface area (TPSA) is 56.9 Å². The lowest BCUT2D eigenvalue weighted by molar-refractivity contribution is -0.148. The average molecular weight is 280 g/mol. The van der Waals surface area contributed by atoms with Crippen LogP contribution < -0.4 is 0 Å². The van der Waals surface area contributed by atoms with Crippen molar-refractivity contribution in [2.75, 3.05) is 26.7 Å². The van der Waals surface area contributed by atoms with Gasteiger partial charge in [0.25, 0.3) is 0 Å². The molecule has 20 heavy (non-hydrogen) atoms. The van der Waals surface area contributed by atoms with Gasteiger partial charge in [0.15, 0.2) is 0 Å². The highest BCUT2D eigenvalue weighted by Gasteiger charge is 2.44. The van der Waals surface area contributed by atoms with E-state index in [1.54, 1.807) is 11.9 Å². The Balaban J connectivity index is 1.78. The van der Waals surface area contributed by atoms with Gasteiger partial charge >= 0.3 is 0 Å². The van der Waals surface area contributed by atoms with Crippen LogP contribution >= 0.6 is 0 Å². The third kappa shape index (κ3) is 3.22. The second-order valence-electron chi connectivity index (χ2n) is 6.17. The third-order valence-corrected chi connectivity index (χ3v) is 4.04. The summed E-state index contributed by atoms with van der Waals surface area (Å²) in [6.45, 7) is 7.88. The molecule has 0 atom stereocenters. The maximum absolute atomic E-state index is 12.1. The summed E-state index contributed by atoms with van der Waals surface area (Å²) in [5.74, 6) is 1.91. The van der Waals surface area contributed by atoms with Crippen LogP contribution in [0.25, 0.3) is 0 Å². The molecule has 0 aromatic carbocycles. The zero-order valence-electron chi connectivity index (χ0n) is 12.7. The number of furan rings is 1. The van der Waals surface area contributed by atoms with Crippen molar-refractivity contribution >= 4 is 5.91 Å². The van der Waals surface area contributed by atoms with Gasteiger partial charge in [0, 0.05) is 20.1 Å². The van der Waals surface area contributed by atoms with Crippen LogP contribution in [0.3, 0.4) is 0 Å². The summed E-state index contributed by atoms with van der Waals surface area (Å²) in [5, 5.41) is 10.2. The maximum atomic E-state index is 12.1. The molecule has 1 N–H and O–H groups in total. The third-order valence-electron chi connectivity index (χ3n) is 4.04.